The summed E-state index contributed by atoms with van der Waals surface area (Å²) in [5.74, 6) is -0.0877. The number of benzene rings is 1. The lowest BCUT2D eigenvalue weighted by molar-refractivity contribution is -0.122. The largest absolute Gasteiger partial charge is 0.354 e. The van der Waals surface area contributed by atoms with E-state index in [1.807, 2.05) is 12.1 Å². The summed E-state index contributed by atoms with van der Waals surface area (Å²) < 4.78 is 0. The Morgan fingerprint density at radius 1 is 1.42 bits per heavy atom. The van der Waals surface area contributed by atoms with Crippen molar-refractivity contribution in [1.29, 1.82) is 0 Å². The van der Waals surface area contributed by atoms with Crippen LogP contribution in [0.2, 0.25) is 5.02 Å². The van der Waals surface area contributed by atoms with Gasteiger partial charge in [-0.2, -0.15) is 0 Å². The van der Waals surface area contributed by atoms with Crippen LogP contribution >= 0.6 is 24.0 Å². The molecule has 1 fully saturated rings. The number of carbonyl (C=O) groups excluding carboxylic acids is 1. The van der Waals surface area contributed by atoms with Gasteiger partial charge in [0.05, 0.1) is 6.04 Å². The van der Waals surface area contributed by atoms with Crippen molar-refractivity contribution in [2.24, 2.45) is 5.73 Å². The molecule has 0 bridgehead atoms. The highest BCUT2D eigenvalue weighted by molar-refractivity contribution is 6.30. The maximum Gasteiger partial charge on any atom is 0.236 e. The molecule has 1 aliphatic rings. The quantitative estimate of drug-likeness (QED) is 0.898. The van der Waals surface area contributed by atoms with E-state index in [9.17, 15) is 4.79 Å². The molecule has 3 nitrogen and oxygen atoms in total. The molecular formula is C14H20Cl2N2O. The fourth-order valence-electron chi connectivity index (χ4n) is 2.39. The normalized spacial score (nSPS) is 17.8. The van der Waals surface area contributed by atoms with Gasteiger partial charge in [0.2, 0.25) is 5.91 Å². The Kier molecular flexibility index (Phi) is 5.65. The summed E-state index contributed by atoms with van der Waals surface area (Å²) in [6.45, 7) is 2.36. The molecule has 0 heterocycles. The molecule has 1 amide bonds. The van der Waals surface area contributed by atoms with Crippen LogP contribution in [0.1, 0.15) is 31.7 Å². The number of amides is 1. The molecule has 1 aromatic carbocycles. The van der Waals surface area contributed by atoms with Crippen molar-refractivity contribution in [3.05, 3.63) is 34.9 Å². The van der Waals surface area contributed by atoms with Crippen LogP contribution in [0.15, 0.2) is 24.3 Å². The number of halogens is 2. The van der Waals surface area contributed by atoms with E-state index < -0.39 is 6.04 Å². The Bertz CT molecular complexity index is 428. The summed E-state index contributed by atoms with van der Waals surface area (Å²) >= 11 is 5.91. The fraction of sp³-hybridized carbons (Fsp3) is 0.500. The van der Waals surface area contributed by atoms with Crippen molar-refractivity contribution in [3.63, 3.8) is 0 Å². The molecule has 0 unspecified atom stereocenters. The van der Waals surface area contributed by atoms with Crippen molar-refractivity contribution in [2.75, 3.05) is 6.54 Å². The van der Waals surface area contributed by atoms with Gasteiger partial charge in [-0.15, -0.1) is 12.4 Å². The van der Waals surface area contributed by atoms with Crippen LogP contribution in [-0.2, 0) is 10.2 Å². The Hall–Kier alpha value is -0.770. The van der Waals surface area contributed by atoms with E-state index in [4.69, 9.17) is 17.3 Å². The number of rotatable bonds is 4. The first kappa shape index (κ1) is 16.3. The fourth-order valence-corrected chi connectivity index (χ4v) is 2.52. The van der Waals surface area contributed by atoms with E-state index in [0.717, 1.165) is 17.9 Å². The number of nitrogens with two attached hydrogens (primary N) is 1. The van der Waals surface area contributed by atoms with Gasteiger partial charge >= 0.3 is 0 Å². The van der Waals surface area contributed by atoms with Crippen LogP contribution in [0.5, 0.6) is 0 Å². The molecule has 0 saturated heterocycles. The van der Waals surface area contributed by atoms with Crippen molar-refractivity contribution in [1.82, 2.24) is 5.32 Å². The SMILES string of the molecule is C[C@@H](N)C(=O)NCC1(c2ccc(Cl)cc2)CCC1.Cl. The highest BCUT2D eigenvalue weighted by Crippen LogP contribution is 2.43. The van der Waals surface area contributed by atoms with Gasteiger partial charge in [0, 0.05) is 17.0 Å². The predicted octanol–water partition coefficient (Wildman–Crippen LogP) is 2.65. The molecule has 3 N–H and O–H groups in total. The van der Waals surface area contributed by atoms with E-state index in [2.05, 4.69) is 17.4 Å². The van der Waals surface area contributed by atoms with Gasteiger partial charge in [0.25, 0.3) is 0 Å². The summed E-state index contributed by atoms with van der Waals surface area (Å²) in [5, 5.41) is 3.68. The minimum atomic E-state index is -0.452. The maximum absolute atomic E-state index is 11.6. The Labute approximate surface area is 125 Å². The van der Waals surface area contributed by atoms with Gasteiger partial charge in [-0.05, 0) is 37.5 Å². The van der Waals surface area contributed by atoms with Crippen LogP contribution in [0.4, 0.5) is 0 Å². The first-order valence-electron chi connectivity index (χ1n) is 6.33. The topological polar surface area (TPSA) is 55.1 Å². The zero-order chi connectivity index (χ0) is 13.2. The van der Waals surface area contributed by atoms with Crippen LogP contribution in [-0.4, -0.2) is 18.5 Å². The summed E-state index contributed by atoms with van der Waals surface area (Å²) in [7, 11) is 0. The van der Waals surface area contributed by atoms with Crippen LogP contribution in [0.3, 0.4) is 0 Å². The molecule has 1 aromatic rings. The molecular weight excluding hydrogens is 283 g/mol. The number of hydrogen-bond donors (Lipinski definition) is 2. The number of carbonyl (C=O) groups is 1. The second-order valence-corrected chi connectivity index (χ2v) is 5.58. The smallest absolute Gasteiger partial charge is 0.236 e. The molecule has 1 aliphatic carbocycles. The molecule has 106 valence electrons. The monoisotopic (exact) mass is 302 g/mol. The highest BCUT2D eigenvalue weighted by Gasteiger charge is 2.38. The Morgan fingerprint density at radius 3 is 2.42 bits per heavy atom. The van der Waals surface area contributed by atoms with Crippen molar-refractivity contribution < 1.29 is 4.79 Å². The van der Waals surface area contributed by atoms with E-state index >= 15 is 0 Å². The van der Waals surface area contributed by atoms with Crippen LogP contribution in [0, 0.1) is 0 Å². The first-order chi connectivity index (χ1) is 8.53. The minimum absolute atomic E-state index is 0. The third kappa shape index (κ3) is 3.62. The Morgan fingerprint density at radius 2 is 2.00 bits per heavy atom. The molecule has 5 heteroatoms. The number of nitrogens with one attached hydrogen (secondary N) is 1. The average molecular weight is 303 g/mol. The van der Waals surface area contributed by atoms with E-state index in [0.29, 0.717) is 6.54 Å². The average Bonchev–Trinajstić information content (AvgIpc) is 2.29. The van der Waals surface area contributed by atoms with Gasteiger partial charge in [0.15, 0.2) is 0 Å². The predicted molar refractivity (Wildman–Crippen MR) is 80.9 cm³/mol. The van der Waals surface area contributed by atoms with Crippen molar-refractivity contribution >= 4 is 29.9 Å². The molecule has 2 rings (SSSR count). The summed E-state index contributed by atoms with van der Waals surface area (Å²) in [6, 6.07) is 7.47. The van der Waals surface area contributed by atoms with E-state index in [1.54, 1.807) is 6.92 Å². The zero-order valence-electron chi connectivity index (χ0n) is 11.0. The third-order valence-corrected chi connectivity index (χ3v) is 4.03. The van der Waals surface area contributed by atoms with Gasteiger partial charge in [0.1, 0.15) is 0 Å². The highest BCUT2D eigenvalue weighted by atomic mass is 35.5. The summed E-state index contributed by atoms with van der Waals surface area (Å²) in [4.78, 5) is 11.6. The molecule has 1 saturated carbocycles. The lowest BCUT2D eigenvalue weighted by Gasteiger charge is -2.42. The zero-order valence-corrected chi connectivity index (χ0v) is 12.6. The van der Waals surface area contributed by atoms with Crippen LogP contribution < -0.4 is 11.1 Å². The standard InChI is InChI=1S/C14H19ClN2O.ClH/c1-10(16)13(18)17-9-14(7-2-8-14)11-3-5-12(15)6-4-11;/h3-6,10H,2,7-9,16H2,1H3,(H,17,18);1H/t10-;/m1./s1. The van der Waals surface area contributed by atoms with Gasteiger partial charge in [-0.3, -0.25) is 4.79 Å². The van der Waals surface area contributed by atoms with Crippen molar-refractivity contribution in [3.8, 4) is 0 Å². The number of hydrogen-bond acceptors (Lipinski definition) is 2. The van der Waals surface area contributed by atoms with Gasteiger partial charge in [-0.25, -0.2) is 0 Å². The van der Waals surface area contributed by atoms with E-state index in [-0.39, 0.29) is 23.7 Å². The lowest BCUT2D eigenvalue weighted by atomic mass is 9.64. The first-order valence-corrected chi connectivity index (χ1v) is 6.71. The Balaban J connectivity index is 0.00000180. The van der Waals surface area contributed by atoms with Gasteiger partial charge in [-0.1, -0.05) is 30.2 Å². The van der Waals surface area contributed by atoms with E-state index in [1.165, 1.54) is 12.0 Å². The molecule has 0 radical (unpaired) electrons. The molecule has 0 aromatic heterocycles. The minimum Gasteiger partial charge on any atom is -0.354 e. The second-order valence-electron chi connectivity index (χ2n) is 5.15. The lowest BCUT2D eigenvalue weighted by Crippen LogP contribution is -2.49. The van der Waals surface area contributed by atoms with Crippen LogP contribution in [0.25, 0.3) is 0 Å². The second kappa shape index (κ2) is 6.60. The molecule has 0 aliphatic heterocycles. The molecule has 0 spiro atoms. The van der Waals surface area contributed by atoms with Gasteiger partial charge < -0.3 is 11.1 Å². The summed E-state index contributed by atoms with van der Waals surface area (Å²) in [5.41, 5.74) is 6.89. The summed E-state index contributed by atoms with van der Waals surface area (Å²) in [6.07, 6.45) is 3.42. The molecule has 19 heavy (non-hydrogen) atoms. The van der Waals surface area contributed by atoms with Crippen molar-refractivity contribution in [2.45, 2.75) is 37.6 Å². The molecule has 1 atom stereocenters. The third-order valence-electron chi connectivity index (χ3n) is 3.78. The maximum atomic E-state index is 11.6.